The zero-order valence-electron chi connectivity index (χ0n) is 6.67. The van der Waals surface area contributed by atoms with Crippen LogP contribution >= 0.6 is 15.9 Å². The van der Waals surface area contributed by atoms with Gasteiger partial charge in [-0.15, -0.1) is 0 Å². The van der Waals surface area contributed by atoms with E-state index >= 15 is 0 Å². The van der Waals surface area contributed by atoms with E-state index in [4.69, 9.17) is 0 Å². The van der Waals surface area contributed by atoms with E-state index in [9.17, 15) is 4.79 Å². The van der Waals surface area contributed by atoms with E-state index in [2.05, 4.69) is 21.2 Å². The Hall–Kier alpha value is -0.830. The minimum absolute atomic E-state index is 0.0237. The molecular weight excluding hydrogens is 218 g/mol. The molecule has 0 bridgehead atoms. The van der Waals surface area contributed by atoms with Crippen LogP contribution in [-0.4, -0.2) is 6.41 Å². The van der Waals surface area contributed by atoms with Gasteiger partial charge in [-0.05, 0) is 24.6 Å². The zero-order chi connectivity index (χ0) is 8.97. The Morgan fingerprint density at radius 2 is 2.00 bits per heavy atom. The molecule has 1 radical (unpaired) electrons. The van der Waals surface area contributed by atoms with Crippen molar-refractivity contribution in [1.82, 2.24) is 5.32 Å². The van der Waals surface area contributed by atoms with Gasteiger partial charge in [0.15, 0.2) is 0 Å². The van der Waals surface area contributed by atoms with Crippen LogP contribution in [0.4, 0.5) is 0 Å². The van der Waals surface area contributed by atoms with Crippen LogP contribution in [0.15, 0.2) is 28.7 Å². The predicted octanol–water partition coefficient (Wildman–Crippen LogP) is 2.17. The Balaban J connectivity index is 2.74. The standard InChI is InChI=1S/C9H9BrNO/c1-7(11-6-12)8-2-4-9(10)5-3-8/h2-5,7H,1H3,(H,11,12)/t7-/m0/s1. The second-order valence-corrected chi connectivity index (χ2v) is 3.44. The summed E-state index contributed by atoms with van der Waals surface area (Å²) in [5.41, 5.74) is 1.07. The molecule has 0 aliphatic heterocycles. The normalized spacial score (nSPS) is 12.2. The van der Waals surface area contributed by atoms with Crippen LogP contribution in [0.3, 0.4) is 0 Å². The summed E-state index contributed by atoms with van der Waals surface area (Å²) in [5, 5.41) is 2.56. The van der Waals surface area contributed by atoms with Crippen molar-refractivity contribution in [3.63, 3.8) is 0 Å². The minimum atomic E-state index is 0.0237. The third-order valence-electron chi connectivity index (χ3n) is 1.65. The number of hydrogen-bond acceptors (Lipinski definition) is 1. The van der Waals surface area contributed by atoms with E-state index in [1.807, 2.05) is 31.2 Å². The number of hydrogen-bond donors (Lipinski definition) is 1. The fourth-order valence-electron chi connectivity index (χ4n) is 0.923. The van der Waals surface area contributed by atoms with E-state index in [-0.39, 0.29) is 6.04 Å². The highest BCUT2D eigenvalue weighted by Crippen LogP contribution is 2.15. The highest BCUT2D eigenvalue weighted by molar-refractivity contribution is 9.10. The van der Waals surface area contributed by atoms with Crippen LogP contribution in [0.2, 0.25) is 0 Å². The maximum Gasteiger partial charge on any atom is 0.309 e. The van der Waals surface area contributed by atoms with Crippen molar-refractivity contribution in [2.45, 2.75) is 13.0 Å². The first-order valence-electron chi connectivity index (χ1n) is 3.62. The van der Waals surface area contributed by atoms with Gasteiger partial charge in [0.1, 0.15) is 0 Å². The van der Waals surface area contributed by atoms with Crippen LogP contribution in [-0.2, 0) is 4.79 Å². The molecule has 1 aromatic rings. The summed E-state index contributed by atoms with van der Waals surface area (Å²) in [6.45, 7) is 1.91. The van der Waals surface area contributed by atoms with Crippen molar-refractivity contribution in [3.05, 3.63) is 34.3 Å². The van der Waals surface area contributed by atoms with Crippen molar-refractivity contribution < 1.29 is 4.79 Å². The second-order valence-electron chi connectivity index (χ2n) is 2.52. The summed E-state index contributed by atoms with van der Waals surface area (Å²) in [7, 11) is 0. The summed E-state index contributed by atoms with van der Waals surface area (Å²) in [6, 6.07) is 7.82. The first kappa shape index (κ1) is 9.26. The zero-order valence-corrected chi connectivity index (χ0v) is 8.26. The number of benzene rings is 1. The van der Waals surface area contributed by atoms with E-state index in [0.717, 1.165) is 10.0 Å². The van der Waals surface area contributed by atoms with Gasteiger partial charge in [-0.25, -0.2) is 0 Å². The van der Waals surface area contributed by atoms with Crippen LogP contribution in [0, 0.1) is 0 Å². The van der Waals surface area contributed by atoms with Gasteiger partial charge in [-0.3, -0.25) is 4.79 Å². The Labute approximate surface area is 80.1 Å². The smallest absolute Gasteiger partial charge is 0.309 e. The van der Waals surface area contributed by atoms with Crippen LogP contribution in [0.5, 0.6) is 0 Å². The summed E-state index contributed by atoms with van der Waals surface area (Å²) >= 11 is 3.34. The van der Waals surface area contributed by atoms with Gasteiger partial charge in [-0.2, -0.15) is 0 Å². The molecule has 1 atom stereocenters. The highest BCUT2D eigenvalue weighted by Gasteiger charge is 2.02. The molecule has 0 aromatic heterocycles. The van der Waals surface area contributed by atoms with E-state index in [1.54, 1.807) is 6.41 Å². The number of nitrogens with one attached hydrogen (secondary N) is 1. The minimum Gasteiger partial charge on any atom is -0.341 e. The predicted molar refractivity (Wildman–Crippen MR) is 51.4 cm³/mol. The fourth-order valence-corrected chi connectivity index (χ4v) is 1.19. The molecule has 0 aliphatic carbocycles. The molecule has 63 valence electrons. The van der Waals surface area contributed by atoms with Crippen molar-refractivity contribution in [2.24, 2.45) is 0 Å². The first-order valence-corrected chi connectivity index (χ1v) is 4.41. The molecular formula is C9H9BrNO. The lowest BCUT2D eigenvalue weighted by Crippen LogP contribution is -2.15. The van der Waals surface area contributed by atoms with Crippen molar-refractivity contribution in [1.29, 1.82) is 0 Å². The molecule has 1 aromatic carbocycles. The largest absolute Gasteiger partial charge is 0.341 e. The number of halogens is 1. The molecule has 0 spiro atoms. The van der Waals surface area contributed by atoms with Crippen LogP contribution in [0.1, 0.15) is 18.5 Å². The quantitative estimate of drug-likeness (QED) is 0.787. The Morgan fingerprint density at radius 3 is 2.50 bits per heavy atom. The summed E-state index contributed by atoms with van der Waals surface area (Å²) in [5.74, 6) is 0. The summed E-state index contributed by atoms with van der Waals surface area (Å²) < 4.78 is 1.04. The van der Waals surface area contributed by atoms with Gasteiger partial charge < -0.3 is 5.32 Å². The molecule has 1 amide bonds. The van der Waals surface area contributed by atoms with Crippen LogP contribution in [0.25, 0.3) is 0 Å². The van der Waals surface area contributed by atoms with E-state index in [1.165, 1.54) is 0 Å². The maximum atomic E-state index is 10.0. The highest BCUT2D eigenvalue weighted by atomic mass is 79.9. The van der Waals surface area contributed by atoms with Gasteiger partial charge in [0.25, 0.3) is 0 Å². The number of rotatable bonds is 3. The van der Waals surface area contributed by atoms with E-state index in [0.29, 0.717) is 0 Å². The SMILES string of the molecule is C[C@H](N[C]=O)c1ccc(Br)cc1. The molecule has 0 saturated heterocycles. The first-order chi connectivity index (χ1) is 5.74. The van der Waals surface area contributed by atoms with Crippen molar-refractivity contribution in [3.8, 4) is 0 Å². The van der Waals surface area contributed by atoms with Gasteiger partial charge in [-0.1, -0.05) is 28.1 Å². The monoisotopic (exact) mass is 226 g/mol. The van der Waals surface area contributed by atoms with E-state index < -0.39 is 0 Å². The molecule has 1 rings (SSSR count). The molecule has 0 saturated carbocycles. The lowest BCUT2D eigenvalue weighted by Gasteiger charge is -2.08. The molecule has 2 nitrogen and oxygen atoms in total. The number of amides is 1. The molecule has 12 heavy (non-hydrogen) atoms. The van der Waals surface area contributed by atoms with Gasteiger partial charge in [0, 0.05) is 4.47 Å². The lowest BCUT2D eigenvalue weighted by atomic mass is 10.1. The topological polar surface area (TPSA) is 29.1 Å². The Kier molecular flexibility index (Phi) is 3.29. The summed E-state index contributed by atoms with van der Waals surface area (Å²) in [4.78, 5) is 10.0. The Bertz CT molecular complexity index is 258. The summed E-state index contributed by atoms with van der Waals surface area (Å²) in [6.07, 6.45) is 1.67. The van der Waals surface area contributed by atoms with Crippen molar-refractivity contribution in [2.75, 3.05) is 0 Å². The van der Waals surface area contributed by atoms with Crippen LogP contribution < -0.4 is 5.32 Å². The third kappa shape index (κ3) is 2.34. The average Bonchev–Trinajstić information content (AvgIpc) is 2.06. The van der Waals surface area contributed by atoms with Gasteiger partial charge in [0.05, 0.1) is 6.04 Å². The maximum absolute atomic E-state index is 10.0. The van der Waals surface area contributed by atoms with Crippen molar-refractivity contribution >= 4 is 22.3 Å². The number of carbonyl (C=O) groups excluding carboxylic acids is 1. The third-order valence-corrected chi connectivity index (χ3v) is 2.17. The van der Waals surface area contributed by atoms with Gasteiger partial charge in [0.2, 0.25) is 0 Å². The fraction of sp³-hybridized carbons (Fsp3) is 0.222. The second kappa shape index (κ2) is 4.26. The average molecular weight is 227 g/mol. The van der Waals surface area contributed by atoms with Gasteiger partial charge >= 0.3 is 6.41 Å². The molecule has 0 heterocycles. The molecule has 0 fully saturated rings. The molecule has 0 unspecified atom stereocenters. The molecule has 1 N–H and O–H groups in total. The lowest BCUT2D eigenvalue weighted by molar-refractivity contribution is 0.529. The Morgan fingerprint density at radius 1 is 1.42 bits per heavy atom. The molecule has 0 aliphatic rings. The molecule has 3 heteroatoms.